The average molecular weight is 494 g/mol. The third-order valence-corrected chi connectivity index (χ3v) is 7.78. The molecule has 0 saturated heterocycles. The summed E-state index contributed by atoms with van der Waals surface area (Å²) in [6, 6.07) is 21.9. The molecule has 0 bridgehead atoms. The fourth-order valence-electron chi connectivity index (χ4n) is 3.60. The minimum Gasteiger partial charge on any atom is -0.218 e. The van der Waals surface area contributed by atoms with E-state index in [4.69, 9.17) is 0 Å². The lowest BCUT2D eigenvalue weighted by Gasteiger charge is -2.19. The van der Waals surface area contributed by atoms with Crippen LogP contribution in [0, 0.1) is 20.8 Å². The molecule has 1 atom stereocenters. The average Bonchev–Trinajstić information content (AvgIpc) is 3.17. The van der Waals surface area contributed by atoms with Crippen molar-refractivity contribution < 1.29 is 8.42 Å². The summed E-state index contributed by atoms with van der Waals surface area (Å²) < 4.78 is 30.7. The molecule has 0 radical (unpaired) electrons. The summed E-state index contributed by atoms with van der Waals surface area (Å²) in [5.74, 6) is 1.34. The molecule has 9 heteroatoms. The van der Waals surface area contributed by atoms with Gasteiger partial charge in [0.1, 0.15) is 5.03 Å². The number of nitrogens with zero attached hydrogens (tertiary/aromatic N) is 4. The van der Waals surface area contributed by atoms with Crippen LogP contribution in [0.5, 0.6) is 0 Å². The standard InChI is InChI=1S/C25H27N5O2S2/c1-18-9-11-22(12-10-18)34(31,32)29-23(21-7-5-4-6-8-21)15-16-33-25-14-13-24(26-27-25)30-20(3)17-19(2)28-30/h4-14,17,23,29H,15-16H2,1-3H3/t23-/m0/s1. The molecule has 1 N–H and O–H groups in total. The van der Waals surface area contributed by atoms with Gasteiger partial charge in [0.25, 0.3) is 0 Å². The molecule has 176 valence electrons. The molecule has 0 aliphatic heterocycles. The maximum Gasteiger partial charge on any atom is 0.241 e. The monoisotopic (exact) mass is 493 g/mol. The Morgan fingerprint density at radius 1 is 0.941 bits per heavy atom. The van der Waals surface area contributed by atoms with Crippen LogP contribution < -0.4 is 4.72 Å². The first-order valence-corrected chi connectivity index (χ1v) is 13.4. The van der Waals surface area contributed by atoms with Crippen molar-refractivity contribution in [3.8, 4) is 5.82 Å². The van der Waals surface area contributed by atoms with Crippen LogP contribution in [0.2, 0.25) is 0 Å². The number of rotatable bonds is 9. The Balaban J connectivity index is 1.44. The second kappa shape index (κ2) is 10.5. The highest BCUT2D eigenvalue weighted by Crippen LogP contribution is 2.25. The summed E-state index contributed by atoms with van der Waals surface area (Å²) in [5, 5.41) is 13.8. The number of thioether (sulfide) groups is 1. The van der Waals surface area contributed by atoms with Gasteiger partial charge in [-0.15, -0.1) is 22.0 Å². The zero-order valence-electron chi connectivity index (χ0n) is 19.3. The summed E-state index contributed by atoms with van der Waals surface area (Å²) in [5.41, 5.74) is 3.86. The van der Waals surface area contributed by atoms with Crippen LogP contribution in [0.25, 0.3) is 5.82 Å². The van der Waals surface area contributed by atoms with Gasteiger partial charge in [-0.3, -0.25) is 0 Å². The molecule has 2 aromatic carbocycles. The Bertz CT molecular complexity index is 1340. The lowest BCUT2D eigenvalue weighted by Crippen LogP contribution is -2.29. The number of hydrogen-bond donors (Lipinski definition) is 1. The first-order valence-electron chi connectivity index (χ1n) is 11.0. The highest BCUT2D eigenvalue weighted by atomic mass is 32.2. The lowest BCUT2D eigenvalue weighted by molar-refractivity contribution is 0.551. The van der Waals surface area contributed by atoms with Gasteiger partial charge < -0.3 is 0 Å². The van der Waals surface area contributed by atoms with Crippen molar-refractivity contribution in [2.45, 2.75) is 43.2 Å². The largest absolute Gasteiger partial charge is 0.241 e. The van der Waals surface area contributed by atoms with E-state index in [-0.39, 0.29) is 10.9 Å². The number of hydrogen-bond acceptors (Lipinski definition) is 6. The molecule has 0 unspecified atom stereocenters. The minimum atomic E-state index is -3.65. The zero-order valence-corrected chi connectivity index (χ0v) is 21.0. The van der Waals surface area contributed by atoms with E-state index in [2.05, 4.69) is 20.0 Å². The smallest absolute Gasteiger partial charge is 0.218 e. The normalized spacial score (nSPS) is 12.6. The second-order valence-electron chi connectivity index (χ2n) is 8.10. The predicted octanol–water partition coefficient (Wildman–Crippen LogP) is 4.79. The van der Waals surface area contributed by atoms with E-state index >= 15 is 0 Å². The Morgan fingerprint density at radius 2 is 1.68 bits per heavy atom. The number of nitrogens with one attached hydrogen (secondary N) is 1. The van der Waals surface area contributed by atoms with Crippen molar-refractivity contribution in [3.05, 3.63) is 95.3 Å². The molecule has 0 amide bonds. The molecule has 0 fully saturated rings. The van der Waals surface area contributed by atoms with Crippen LogP contribution >= 0.6 is 11.8 Å². The van der Waals surface area contributed by atoms with Gasteiger partial charge in [-0.25, -0.2) is 17.8 Å². The summed E-state index contributed by atoms with van der Waals surface area (Å²) in [6.07, 6.45) is 0.598. The quantitative estimate of drug-likeness (QED) is 0.337. The topological polar surface area (TPSA) is 89.8 Å². The first-order chi connectivity index (χ1) is 16.3. The molecule has 0 aliphatic carbocycles. The summed E-state index contributed by atoms with van der Waals surface area (Å²) in [7, 11) is -3.65. The highest BCUT2D eigenvalue weighted by Gasteiger charge is 2.21. The molecule has 0 saturated carbocycles. The second-order valence-corrected chi connectivity index (χ2v) is 10.9. The van der Waals surface area contributed by atoms with E-state index in [9.17, 15) is 8.42 Å². The molecule has 2 heterocycles. The molecule has 7 nitrogen and oxygen atoms in total. The van der Waals surface area contributed by atoms with Crippen LogP contribution in [0.3, 0.4) is 0 Å². The van der Waals surface area contributed by atoms with Crippen molar-refractivity contribution in [2.24, 2.45) is 0 Å². The van der Waals surface area contributed by atoms with E-state index in [1.807, 2.05) is 69.3 Å². The van der Waals surface area contributed by atoms with Crippen LogP contribution in [0.4, 0.5) is 0 Å². The van der Waals surface area contributed by atoms with E-state index in [1.165, 1.54) is 0 Å². The number of aromatic nitrogens is 4. The third kappa shape index (κ3) is 5.91. The van der Waals surface area contributed by atoms with Crippen molar-refractivity contribution in [1.29, 1.82) is 0 Å². The van der Waals surface area contributed by atoms with Crippen LogP contribution in [0.15, 0.2) is 82.7 Å². The van der Waals surface area contributed by atoms with E-state index in [0.29, 0.717) is 18.0 Å². The maximum absolute atomic E-state index is 13.0. The summed E-state index contributed by atoms with van der Waals surface area (Å²) in [6.45, 7) is 5.85. The third-order valence-electron chi connectivity index (χ3n) is 5.34. The van der Waals surface area contributed by atoms with Gasteiger partial charge in [-0.05, 0) is 63.1 Å². The molecule has 34 heavy (non-hydrogen) atoms. The SMILES string of the molecule is Cc1ccc(S(=O)(=O)N[C@@H](CCSc2ccc(-n3nc(C)cc3C)nn2)c2ccccc2)cc1. The van der Waals surface area contributed by atoms with Crippen molar-refractivity contribution in [2.75, 3.05) is 5.75 Å². The van der Waals surface area contributed by atoms with Gasteiger partial charge in [0.05, 0.1) is 10.6 Å². The molecular weight excluding hydrogens is 466 g/mol. The Labute approximate surface area is 204 Å². The van der Waals surface area contributed by atoms with E-state index in [1.54, 1.807) is 40.7 Å². The van der Waals surface area contributed by atoms with Crippen LogP contribution in [-0.4, -0.2) is 34.1 Å². The Kier molecular flexibility index (Phi) is 7.45. The van der Waals surface area contributed by atoms with Crippen molar-refractivity contribution in [3.63, 3.8) is 0 Å². The first kappa shape index (κ1) is 24.1. The van der Waals surface area contributed by atoms with Crippen LogP contribution in [0.1, 0.15) is 35.0 Å². The van der Waals surface area contributed by atoms with Gasteiger partial charge in [0.2, 0.25) is 10.0 Å². The Hall–Kier alpha value is -3.01. The van der Waals surface area contributed by atoms with Gasteiger partial charge >= 0.3 is 0 Å². The van der Waals surface area contributed by atoms with Crippen molar-refractivity contribution in [1.82, 2.24) is 24.7 Å². The van der Waals surface area contributed by atoms with Crippen molar-refractivity contribution >= 4 is 21.8 Å². The fraction of sp³-hybridized carbons (Fsp3) is 0.240. The lowest BCUT2D eigenvalue weighted by atomic mass is 10.1. The molecule has 0 spiro atoms. The molecule has 4 aromatic rings. The van der Waals surface area contributed by atoms with Gasteiger partial charge in [0, 0.05) is 17.5 Å². The number of sulfonamides is 1. The van der Waals surface area contributed by atoms with Gasteiger partial charge in [-0.2, -0.15) is 5.10 Å². The highest BCUT2D eigenvalue weighted by molar-refractivity contribution is 7.99. The fourth-order valence-corrected chi connectivity index (χ4v) is 5.68. The zero-order chi connectivity index (χ0) is 24.1. The van der Waals surface area contributed by atoms with Crippen LogP contribution in [-0.2, 0) is 10.0 Å². The van der Waals surface area contributed by atoms with Gasteiger partial charge in [0.15, 0.2) is 5.82 Å². The minimum absolute atomic E-state index is 0.261. The maximum atomic E-state index is 13.0. The number of benzene rings is 2. The molecule has 0 aliphatic rings. The van der Waals surface area contributed by atoms with E-state index in [0.717, 1.165) is 27.5 Å². The molecule has 4 rings (SSSR count). The van der Waals surface area contributed by atoms with Gasteiger partial charge in [-0.1, -0.05) is 48.0 Å². The predicted molar refractivity (Wildman–Crippen MR) is 135 cm³/mol. The summed E-state index contributed by atoms with van der Waals surface area (Å²) >= 11 is 1.54. The molecule has 2 aromatic heterocycles. The Morgan fingerprint density at radius 3 is 2.29 bits per heavy atom. The molecular formula is C25H27N5O2S2. The summed E-state index contributed by atoms with van der Waals surface area (Å²) in [4.78, 5) is 0.261. The number of aryl methyl sites for hydroxylation is 3. The van der Waals surface area contributed by atoms with E-state index < -0.39 is 10.0 Å².